The third-order valence-electron chi connectivity index (χ3n) is 4.33. The van der Waals surface area contributed by atoms with E-state index in [0.29, 0.717) is 37.6 Å². The molecular weight excluding hydrogens is 336 g/mol. The van der Waals surface area contributed by atoms with E-state index < -0.39 is 0 Å². The molecular formula is C19H27N2O5+. The standard InChI is InChI=1S/C19H26N2O5/c1-3-25-18(23)14-7-9-16(10-8-14)20-17(22)13-21-11-5-6-15(12-21)19(24)26-4-2/h7-10,15H,3-6,11-13H2,1-2H3,(H,20,22)/p+1/t15-/m1/s1. The fraction of sp³-hybridized carbons (Fsp3) is 0.526. The number of hydrogen-bond donors (Lipinski definition) is 2. The minimum absolute atomic E-state index is 0.117. The molecule has 1 aliphatic heterocycles. The Hall–Kier alpha value is -2.41. The number of anilines is 1. The molecule has 142 valence electrons. The van der Waals surface area contributed by atoms with Gasteiger partial charge in [0.05, 0.1) is 31.9 Å². The molecule has 1 aliphatic rings. The minimum atomic E-state index is -0.381. The lowest BCUT2D eigenvalue weighted by molar-refractivity contribution is -0.899. The predicted octanol–water partition coefficient (Wildman–Crippen LogP) is 0.660. The smallest absolute Gasteiger partial charge is 0.338 e. The lowest BCUT2D eigenvalue weighted by Gasteiger charge is -2.28. The van der Waals surface area contributed by atoms with E-state index in [1.165, 1.54) is 0 Å². The van der Waals surface area contributed by atoms with Crippen LogP contribution in [0, 0.1) is 5.92 Å². The first kappa shape index (κ1) is 19.9. The lowest BCUT2D eigenvalue weighted by atomic mass is 9.98. The molecule has 0 bridgehead atoms. The van der Waals surface area contributed by atoms with Crippen LogP contribution in [0.2, 0.25) is 0 Å². The van der Waals surface area contributed by atoms with Crippen LogP contribution in [0.5, 0.6) is 0 Å². The molecule has 1 unspecified atom stereocenters. The van der Waals surface area contributed by atoms with Crippen LogP contribution in [0.15, 0.2) is 24.3 Å². The van der Waals surface area contributed by atoms with Gasteiger partial charge in [-0.15, -0.1) is 0 Å². The Morgan fingerprint density at radius 2 is 1.81 bits per heavy atom. The van der Waals surface area contributed by atoms with E-state index in [1.54, 1.807) is 38.1 Å². The van der Waals surface area contributed by atoms with E-state index in [0.717, 1.165) is 24.3 Å². The van der Waals surface area contributed by atoms with Gasteiger partial charge in [-0.3, -0.25) is 9.59 Å². The second-order valence-corrected chi connectivity index (χ2v) is 6.32. The highest BCUT2D eigenvalue weighted by atomic mass is 16.5. The van der Waals surface area contributed by atoms with Crippen molar-refractivity contribution in [3.05, 3.63) is 29.8 Å². The maximum atomic E-state index is 12.3. The van der Waals surface area contributed by atoms with Gasteiger partial charge >= 0.3 is 11.9 Å². The predicted molar refractivity (Wildman–Crippen MR) is 95.9 cm³/mol. The fourth-order valence-electron chi connectivity index (χ4n) is 3.11. The first-order valence-corrected chi connectivity index (χ1v) is 9.10. The van der Waals surface area contributed by atoms with E-state index >= 15 is 0 Å². The maximum absolute atomic E-state index is 12.3. The minimum Gasteiger partial charge on any atom is -0.466 e. The van der Waals surface area contributed by atoms with Gasteiger partial charge in [-0.25, -0.2) is 4.79 Å². The normalized spacial score (nSPS) is 19.5. The molecule has 1 saturated heterocycles. The highest BCUT2D eigenvalue weighted by molar-refractivity contribution is 5.93. The highest BCUT2D eigenvalue weighted by Crippen LogP contribution is 2.11. The van der Waals surface area contributed by atoms with E-state index in [9.17, 15) is 14.4 Å². The number of carbonyl (C=O) groups excluding carboxylic acids is 3. The summed E-state index contributed by atoms with van der Waals surface area (Å²) >= 11 is 0. The van der Waals surface area contributed by atoms with Crippen LogP contribution in [0.25, 0.3) is 0 Å². The van der Waals surface area contributed by atoms with E-state index in [1.807, 2.05) is 0 Å². The van der Waals surface area contributed by atoms with Crippen LogP contribution >= 0.6 is 0 Å². The average molecular weight is 363 g/mol. The molecule has 1 aromatic rings. The SMILES string of the molecule is CCOC(=O)c1ccc(NC(=O)C[NH+]2CCC[C@@H](C(=O)OCC)C2)cc1. The molecule has 0 spiro atoms. The highest BCUT2D eigenvalue weighted by Gasteiger charge is 2.30. The molecule has 2 atom stereocenters. The number of nitrogens with one attached hydrogen (secondary N) is 2. The second kappa shape index (κ2) is 9.91. The topological polar surface area (TPSA) is 86.1 Å². The third-order valence-corrected chi connectivity index (χ3v) is 4.33. The van der Waals surface area contributed by atoms with Crippen LogP contribution in [-0.4, -0.2) is 50.7 Å². The van der Waals surface area contributed by atoms with Crippen molar-refractivity contribution in [2.45, 2.75) is 26.7 Å². The lowest BCUT2D eigenvalue weighted by Crippen LogP contribution is -3.14. The monoisotopic (exact) mass is 363 g/mol. The summed E-state index contributed by atoms with van der Waals surface area (Å²) < 4.78 is 10.0. The average Bonchev–Trinajstić information content (AvgIpc) is 2.63. The first-order chi connectivity index (χ1) is 12.5. The molecule has 2 rings (SSSR count). The van der Waals surface area contributed by atoms with Gasteiger partial charge in [-0.2, -0.15) is 0 Å². The number of carbonyl (C=O) groups is 3. The molecule has 0 saturated carbocycles. The number of benzene rings is 1. The maximum Gasteiger partial charge on any atom is 0.338 e. The van der Waals surface area contributed by atoms with Crippen molar-refractivity contribution in [2.24, 2.45) is 5.92 Å². The number of hydrogen-bond acceptors (Lipinski definition) is 5. The zero-order valence-corrected chi connectivity index (χ0v) is 15.4. The second-order valence-electron chi connectivity index (χ2n) is 6.32. The van der Waals surface area contributed by atoms with Crippen LogP contribution < -0.4 is 10.2 Å². The summed E-state index contributed by atoms with van der Waals surface area (Å²) in [5, 5.41) is 2.83. The van der Waals surface area contributed by atoms with Crippen molar-refractivity contribution in [3.63, 3.8) is 0 Å². The van der Waals surface area contributed by atoms with Crippen LogP contribution in [-0.2, 0) is 19.1 Å². The van der Waals surface area contributed by atoms with E-state index in [-0.39, 0.29) is 23.8 Å². The van der Waals surface area contributed by atoms with E-state index in [4.69, 9.17) is 9.47 Å². The van der Waals surface area contributed by atoms with Crippen molar-refractivity contribution >= 4 is 23.5 Å². The summed E-state index contributed by atoms with van der Waals surface area (Å²) in [5.74, 6) is -0.795. The quantitative estimate of drug-likeness (QED) is 0.695. The number of amides is 1. The zero-order chi connectivity index (χ0) is 18.9. The van der Waals surface area contributed by atoms with Crippen molar-refractivity contribution in [1.29, 1.82) is 0 Å². The van der Waals surface area contributed by atoms with Crippen molar-refractivity contribution in [2.75, 3.05) is 38.2 Å². The van der Waals surface area contributed by atoms with Gasteiger partial charge in [-0.05, 0) is 51.0 Å². The molecule has 26 heavy (non-hydrogen) atoms. The van der Waals surface area contributed by atoms with Crippen LogP contribution in [0.1, 0.15) is 37.0 Å². The van der Waals surface area contributed by atoms with Crippen LogP contribution in [0.4, 0.5) is 5.69 Å². The first-order valence-electron chi connectivity index (χ1n) is 9.10. The number of ether oxygens (including phenoxy) is 2. The van der Waals surface area contributed by atoms with Gasteiger partial charge in [-0.1, -0.05) is 0 Å². The Bertz CT molecular complexity index is 629. The number of quaternary nitrogens is 1. The van der Waals surface area contributed by atoms with Gasteiger partial charge < -0.3 is 19.7 Å². The van der Waals surface area contributed by atoms with Gasteiger partial charge in [0, 0.05) is 5.69 Å². The number of likely N-dealkylation sites (tertiary alicyclic amines) is 1. The Morgan fingerprint density at radius 1 is 1.12 bits per heavy atom. The number of piperidine rings is 1. The molecule has 1 aromatic carbocycles. The molecule has 2 N–H and O–H groups in total. The van der Waals surface area contributed by atoms with Crippen molar-refractivity contribution < 1.29 is 28.8 Å². The number of esters is 2. The molecule has 0 aromatic heterocycles. The third kappa shape index (κ3) is 5.84. The Labute approximate surface area is 153 Å². The summed E-state index contributed by atoms with van der Waals surface area (Å²) in [6.07, 6.45) is 1.72. The molecule has 0 radical (unpaired) electrons. The van der Waals surface area contributed by atoms with Gasteiger partial charge in [0.15, 0.2) is 6.54 Å². The summed E-state index contributed by atoms with van der Waals surface area (Å²) in [5.41, 5.74) is 1.07. The fourth-order valence-corrected chi connectivity index (χ4v) is 3.11. The Kier molecular flexibility index (Phi) is 7.59. The summed E-state index contributed by atoms with van der Waals surface area (Å²) in [4.78, 5) is 36.8. The Balaban J connectivity index is 1.84. The Morgan fingerprint density at radius 3 is 2.46 bits per heavy atom. The molecule has 7 heteroatoms. The molecule has 1 fully saturated rings. The van der Waals surface area contributed by atoms with Gasteiger partial charge in [0.25, 0.3) is 5.91 Å². The molecule has 1 amide bonds. The molecule has 7 nitrogen and oxygen atoms in total. The molecule has 0 aliphatic carbocycles. The van der Waals surface area contributed by atoms with Crippen molar-refractivity contribution in [1.82, 2.24) is 0 Å². The summed E-state index contributed by atoms with van der Waals surface area (Å²) in [6, 6.07) is 6.60. The summed E-state index contributed by atoms with van der Waals surface area (Å²) in [7, 11) is 0. The zero-order valence-electron chi connectivity index (χ0n) is 15.4. The largest absolute Gasteiger partial charge is 0.466 e. The van der Waals surface area contributed by atoms with Gasteiger partial charge in [0.2, 0.25) is 0 Å². The van der Waals surface area contributed by atoms with Gasteiger partial charge in [0.1, 0.15) is 5.92 Å². The number of rotatable bonds is 7. The van der Waals surface area contributed by atoms with Crippen LogP contribution in [0.3, 0.4) is 0 Å². The summed E-state index contributed by atoms with van der Waals surface area (Å²) in [6.45, 7) is 6.04. The van der Waals surface area contributed by atoms with Crippen molar-refractivity contribution in [3.8, 4) is 0 Å². The molecule has 1 heterocycles. The van der Waals surface area contributed by atoms with E-state index in [2.05, 4.69) is 5.32 Å².